The molecule has 0 unspecified atom stereocenters. The van der Waals surface area contributed by atoms with Crippen LogP contribution in [0.15, 0.2) is 36.7 Å². The van der Waals surface area contributed by atoms with Crippen LogP contribution in [0.4, 0.5) is 5.82 Å². The number of hydrogen-bond donors (Lipinski definition) is 2. The standard InChI is InChI=1S/C13H15N5O/c1-17-8-16-11(12(14)15)13(17)18(9-19)7-10-5-3-2-4-6-10/h2-6,8-9H,7H2,1H3,(H3,14,15). The Hall–Kier alpha value is -2.63. The third-order valence-electron chi connectivity index (χ3n) is 2.76. The van der Waals surface area contributed by atoms with Crippen molar-refractivity contribution in [3.8, 4) is 0 Å². The van der Waals surface area contributed by atoms with Crippen LogP contribution in [0.3, 0.4) is 0 Å². The number of rotatable bonds is 5. The number of aromatic nitrogens is 2. The lowest BCUT2D eigenvalue weighted by Crippen LogP contribution is -2.26. The van der Waals surface area contributed by atoms with Gasteiger partial charge in [-0.05, 0) is 5.56 Å². The molecule has 0 atom stereocenters. The first-order valence-electron chi connectivity index (χ1n) is 5.75. The highest BCUT2D eigenvalue weighted by molar-refractivity contribution is 5.99. The van der Waals surface area contributed by atoms with Crippen molar-refractivity contribution in [2.75, 3.05) is 4.90 Å². The van der Waals surface area contributed by atoms with Gasteiger partial charge >= 0.3 is 0 Å². The molecule has 1 aromatic carbocycles. The van der Waals surface area contributed by atoms with Crippen molar-refractivity contribution in [3.63, 3.8) is 0 Å². The summed E-state index contributed by atoms with van der Waals surface area (Å²) in [7, 11) is 1.76. The van der Waals surface area contributed by atoms with Gasteiger partial charge in [0.2, 0.25) is 6.41 Å². The quantitative estimate of drug-likeness (QED) is 0.473. The molecule has 3 N–H and O–H groups in total. The summed E-state index contributed by atoms with van der Waals surface area (Å²) in [5.74, 6) is 0.363. The Morgan fingerprint density at radius 2 is 2.16 bits per heavy atom. The topological polar surface area (TPSA) is 88.0 Å². The summed E-state index contributed by atoms with van der Waals surface area (Å²) in [5.41, 5.74) is 6.78. The summed E-state index contributed by atoms with van der Waals surface area (Å²) in [5, 5.41) is 7.50. The monoisotopic (exact) mass is 257 g/mol. The Morgan fingerprint density at radius 3 is 2.74 bits per heavy atom. The maximum absolute atomic E-state index is 11.3. The van der Waals surface area contributed by atoms with Gasteiger partial charge in [0.15, 0.2) is 0 Å². The van der Waals surface area contributed by atoms with Gasteiger partial charge in [-0.3, -0.25) is 15.1 Å². The molecular weight excluding hydrogens is 242 g/mol. The zero-order valence-corrected chi connectivity index (χ0v) is 10.6. The molecule has 0 aliphatic heterocycles. The van der Waals surface area contributed by atoms with E-state index in [-0.39, 0.29) is 5.84 Å². The number of anilines is 1. The predicted molar refractivity (Wildman–Crippen MR) is 72.9 cm³/mol. The summed E-state index contributed by atoms with van der Waals surface area (Å²) < 4.78 is 1.67. The van der Waals surface area contributed by atoms with Crippen molar-refractivity contribution in [2.45, 2.75) is 6.54 Å². The van der Waals surface area contributed by atoms with E-state index < -0.39 is 0 Å². The van der Waals surface area contributed by atoms with Gasteiger partial charge in [0.05, 0.1) is 12.9 Å². The maximum atomic E-state index is 11.3. The second-order valence-electron chi connectivity index (χ2n) is 4.16. The van der Waals surface area contributed by atoms with E-state index in [0.717, 1.165) is 12.0 Å². The van der Waals surface area contributed by atoms with Gasteiger partial charge in [-0.1, -0.05) is 30.3 Å². The van der Waals surface area contributed by atoms with Crippen LogP contribution in [-0.2, 0) is 18.4 Å². The first-order valence-corrected chi connectivity index (χ1v) is 5.75. The van der Waals surface area contributed by atoms with Crippen LogP contribution in [0.1, 0.15) is 11.3 Å². The molecule has 98 valence electrons. The Labute approximate surface area is 111 Å². The molecule has 1 amide bonds. The molecule has 0 aliphatic carbocycles. The van der Waals surface area contributed by atoms with Crippen LogP contribution in [0.5, 0.6) is 0 Å². The van der Waals surface area contributed by atoms with E-state index in [1.165, 1.54) is 11.2 Å². The van der Waals surface area contributed by atoms with Crippen LogP contribution >= 0.6 is 0 Å². The summed E-state index contributed by atoms with van der Waals surface area (Å²) in [6.07, 6.45) is 2.25. The molecule has 0 saturated heterocycles. The number of amides is 1. The highest BCUT2D eigenvalue weighted by Gasteiger charge is 2.18. The van der Waals surface area contributed by atoms with Crippen molar-refractivity contribution >= 4 is 18.1 Å². The van der Waals surface area contributed by atoms with Crippen LogP contribution in [0.2, 0.25) is 0 Å². The first-order chi connectivity index (χ1) is 9.13. The molecule has 1 heterocycles. The highest BCUT2D eigenvalue weighted by atomic mass is 16.1. The van der Waals surface area contributed by atoms with Crippen molar-refractivity contribution in [1.29, 1.82) is 5.41 Å². The number of carbonyl (C=O) groups is 1. The number of carbonyl (C=O) groups excluding carboxylic acids is 1. The van der Waals surface area contributed by atoms with E-state index in [1.807, 2.05) is 30.3 Å². The van der Waals surface area contributed by atoms with E-state index in [1.54, 1.807) is 11.6 Å². The second-order valence-corrected chi connectivity index (χ2v) is 4.16. The van der Waals surface area contributed by atoms with Gasteiger partial charge < -0.3 is 10.3 Å². The zero-order chi connectivity index (χ0) is 13.8. The average molecular weight is 257 g/mol. The van der Waals surface area contributed by atoms with Crippen molar-refractivity contribution < 1.29 is 4.79 Å². The maximum Gasteiger partial charge on any atom is 0.215 e. The van der Waals surface area contributed by atoms with Gasteiger partial charge in [-0.25, -0.2) is 4.98 Å². The fourth-order valence-corrected chi connectivity index (χ4v) is 1.89. The van der Waals surface area contributed by atoms with Crippen LogP contribution < -0.4 is 10.6 Å². The lowest BCUT2D eigenvalue weighted by Gasteiger charge is -2.19. The highest BCUT2D eigenvalue weighted by Crippen LogP contribution is 2.19. The molecule has 1 aromatic heterocycles. The largest absolute Gasteiger partial charge is 0.382 e. The molecule has 2 rings (SSSR count). The minimum absolute atomic E-state index is 0.157. The van der Waals surface area contributed by atoms with Gasteiger partial charge in [0.25, 0.3) is 0 Å². The molecule has 6 nitrogen and oxygen atoms in total. The lowest BCUT2D eigenvalue weighted by atomic mass is 10.2. The molecular formula is C13H15N5O. The average Bonchev–Trinajstić information content (AvgIpc) is 2.79. The van der Waals surface area contributed by atoms with Crippen molar-refractivity contribution in [1.82, 2.24) is 9.55 Å². The molecule has 0 saturated carbocycles. The number of hydrogen-bond acceptors (Lipinski definition) is 3. The third kappa shape index (κ3) is 2.62. The molecule has 0 bridgehead atoms. The van der Waals surface area contributed by atoms with Gasteiger partial charge in [-0.15, -0.1) is 0 Å². The molecule has 19 heavy (non-hydrogen) atoms. The minimum atomic E-state index is -0.157. The van der Waals surface area contributed by atoms with E-state index >= 15 is 0 Å². The summed E-state index contributed by atoms with van der Waals surface area (Å²) in [6, 6.07) is 9.60. The number of nitrogens with zero attached hydrogens (tertiary/aromatic N) is 3. The van der Waals surface area contributed by atoms with E-state index in [2.05, 4.69) is 4.98 Å². The fraction of sp³-hybridized carbons (Fsp3) is 0.154. The summed E-state index contributed by atoms with van der Waals surface area (Å²) >= 11 is 0. The van der Waals surface area contributed by atoms with Crippen LogP contribution in [-0.4, -0.2) is 21.8 Å². The van der Waals surface area contributed by atoms with Gasteiger partial charge in [-0.2, -0.15) is 0 Å². The Bertz CT molecular complexity index is 590. The Balaban J connectivity index is 2.35. The number of aryl methyl sites for hydroxylation is 1. The Kier molecular flexibility index (Phi) is 3.61. The number of nitrogens with one attached hydrogen (secondary N) is 1. The first kappa shape index (κ1) is 12.8. The molecule has 0 aliphatic rings. The zero-order valence-electron chi connectivity index (χ0n) is 10.6. The van der Waals surface area contributed by atoms with Crippen LogP contribution in [0, 0.1) is 5.41 Å². The number of benzene rings is 1. The van der Waals surface area contributed by atoms with Crippen LogP contribution in [0.25, 0.3) is 0 Å². The van der Waals surface area contributed by atoms with Crippen molar-refractivity contribution in [3.05, 3.63) is 47.9 Å². The normalized spacial score (nSPS) is 10.2. The van der Waals surface area contributed by atoms with E-state index in [4.69, 9.17) is 11.1 Å². The minimum Gasteiger partial charge on any atom is -0.382 e. The second kappa shape index (κ2) is 5.34. The van der Waals surface area contributed by atoms with E-state index in [9.17, 15) is 4.79 Å². The molecule has 0 radical (unpaired) electrons. The predicted octanol–water partition coefficient (Wildman–Crippen LogP) is 0.867. The third-order valence-corrected chi connectivity index (χ3v) is 2.76. The molecule has 2 aromatic rings. The molecule has 0 fully saturated rings. The van der Waals surface area contributed by atoms with E-state index in [0.29, 0.717) is 18.1 Å². The Morgan fingerprint density at radius 1 is 1.47 bits per heavy atom. The smallest absolute Gasteiger partial charge is 0.215 e. The molecule has 0 spiro atoms. The lowest BCUT2D eigenvalue weighted by molar-refractivity contribution is -0.107. The van der Waals surface area contributed by atoms with Gasteiger partial charge in [0.1, 0.15) is 17.3 Å². The molecule has 6 heteroatoms. The number of nitrogen functional groups attached to an aromatic ring is 1. The fourth-order valence-electron chi connectivity index (χ4n) is 1.89. The van der Waals surface area contributed by atoms with Crippen molar-refractivity contribution in [2.24, 2.45) is 12.8 Å². The SMILES string of the molecule is Cn1cnc(C(=N)N)c1N(C=O)Cc1ccccc1. The number of imidazole rings is 1. The summed E-state index contributed by atoms with van der Waals surface area (Å²) in [4.78, 5) is 16.8. The summed E-state index contributed by atoms with van der Waals surface area (Å²) in [6.45, 7) is 0.407. The van der Waals surface area contributed by atoms with Gasteiger partial charge in [0, 0.05) is 7.05 Å². The number of amidine groups is 1. The number of nitrogens with two attached hydrogens (primary N) is 1.